The van der Waals surface area contributed by atoms with Crippen LogP contribution in [-0.2, 0) is 4.74 Å². The zero-order chi connectivity index (χ0) is 16.9. The van der Waals surface area contributed by atoms with E-state index in [0.29, 0.717) is 19.0 Å². The largest absolute Gasteiger partial charge is 0.376 e. The average Bonchev–Trinajstić information content (AvgIpc) is 3.23. The van der Waals surface area contributed by atoms with Crippen LogP contribution in [0.5, 0.6) is 0 Å². The molecule has 2 aliphatic heterocycles. The molecule has 1 aromatic carbocycles. The molecule has 0 amide bonds. The molecule has 1 aromatic rings. The number of aliphatic imine (C=N–C) groups is 1. The highest BCUT2D eigenvalue weighted by Gasteiger charge is 2.27. The molecule has 2 aliphatic rings. The molecule has 2 fully saturated rings. The molecule has 2 N–H and O–H groups in total. The predicted octanol–water partition coefficient (Wildman–Crippen LogP) is 1.89. The monoisotopic (exact) mass is 338 g/mol. The lowest BCUT2D eigenvalue weighted by Crippen LogP contribution is -2.46. The SMILES string of the molecule is CN=C(NCC1CCCO1)NC1CCN(c2c(F)cccc2F)C1. The van der Waals surface area contributed by atoms with Crippen molar-refractivity contribution in [3.05, 3.63) is 29.8 Å². The molecule has 132 valence electrons. The fourth-order valence-electron chi connectivity index (χ4n) is 3.28. The predicted molar refractivity (Wildman–Crippen MR) is 90.4 cm³/mol. The van der Waals surface area contributed by atoms with E-state index in [0.717, 1.165) is 32.4 Å². The lowest BCUT2D eigenvalue weighted by Gasteiger charge is -2.21. The molecule has 0 spiro atoms. The second kappa shape index (κ2) is 7.79. The number of benzene rings is 1. The van der Waals surface area contributed by atoms with Crippen molar-refractivity contribution in [1.82, 2.24) is 10.6 Å². The first kappa shape index (κ1) is 17.0. The number of guanidine groups is 1. The van der Waals surface area contributed by atoms with Gasteiger partial charge in [-0.3, -0.25) is 4.99 Å². The van der Waals surface area contributed by atoms with Crippen molar-refractivity contribution in [3.8, 4) is 0 Å². The Kier molecular flexibility index (Phi) is 5.50. The van der Waals surface area contributed by atoms with Crippen molar-refractivity contribution in [2.45, 2.75) is 31.4 Å². The highest BCUT2D eigenvalue weighted by molar-refractivity contribution is 5.80. The molecule has 2 heterocycles. The van der Waals surface area contributed by atoms with E-state index in [1.54, 1.807) is 11.9 Å². The number of nitrogens with one attached hydrogen (secondary N) is 2. The molecule has 24 heavy (non-hydrogen) atoms. The van der Waals surface area contributed by atoms with Crippen molar-refractivity contribution < 1.29 is 13.5 Å². The van der Waals surface area contributed by atoms with Gasteiger partial charge < -0.3 is 20.3 Å². The van der Waals surface area contributed by atoms with E-state index in [1.807, 2.05) is 0 Å². The van der Waals surface area contributed by atoms with Gasteiger partial charge in [-0.25, -0.2) is 8.78 Å². The summed E-state index contributed by atoms with van der Waals surface area (Å²) in [6.07, 6.45) is 3.20. The van der Waals surface area contributed by atoms with Crippen LogP contribution in [0.25, 0.3) is 0 Å². The fraction of sp³-hybridized carbons (Fsp3) is 0.588. The number of ether oxygens (including phenoxy) is 1. The Hall–Kier alpha value is -1.89. The minimum absolute atomic E-state index is 0.0594. The zero-order valence-electron chi connectivity index (χ0n) is 13.9. The molecule has 2 saturated heterocycles. The molecule has 0 saturated carbocycles. The van der Waals surface area contributed by atoms with E-state index in [-0.39, 0.29) is 17.8 Å². The summed E-state index contributed by atoms with van der Waals surface area (Å²) in [4.78, 5) is 5.96. The van der Waals surface area contributed by atoms with E-state index in [9.17, 15) is 8.78 Å². The van der Waals surface area contributed by atoms with Crippen molar-refractivity contribution >= 4 is 11.6 Å². The maximum absolute atomic E-state index is 13.9. The zero-order valence-corrected chi connectivity index (χ0v) is 13.9. The minimum atomic E-state index is -0.517. The topological polar surface area (TPSA) is 48.9 Å². The number of para-hydroxylation sites is 1. The van der Waals surface area contributed by atoms with Gasteiger partial charge in [0.15, 0.2) is 5.96 Å². The van der Waals surface area contributed by atoms with Gasteiger partial charge in [-0.15, -0.1) is 0 Å². The molecule has 5 nitrogen and oxygen atoms in total. The van der Waals surface area contributed by atoms with E-state index >= 15 is 0 Å². The van der Waals surface area contributed by atoms with E-state index in [2.05, 4.69) is 15.6 Å². The molecular weight excluding hydrogens is 314 g/mol. The molecule has 2 atom stereocenters. The van der Waals surface area contributed by atoms with Gasteiger partial charge in [0.1, 0.15) is 17.3 Å². The molecule has 7 heteroatoms. The third-order valence-corrected chi connectivity index (χ3v) is 4.53. The van der Waals surface area contributed by atoms with Gasteiger partial charge in [0.2, 0.25) is 0 Å². The summed E-state index contributed by atoms with van der Waals surface area (Å²) in [5.41, 5.74) is 0.0594. The number of hydrogen-bond donors (Lipinski definition) is 2. The standard InChI is InChI=1S/C17H24F2N4O/c1-20-17(21-10-13-4-3-9-24-13)22-12-7-8-23(11-12)16-14(18)5-2-6-15(16)19/h2,5-6,12-13H,3-4,7-11H2,1H3,(H2,20,21,22). The molecular formula is C17H24F2N4O. The van der Waals surface area contributed by atoms with Crippen LogP contribution in [0.3, 0.4) is 0 Å². The smallest absolute Gasteiger partial charge is 0.191 e. The lowest BCUT2D eigenvalue weighted by atomic mass is 10.2. The Bertz CT molecular complexity index is 570. The number of nitrogens with zero attached hydrogens (tertiary/aromatic N) is 2. The van der Waals surface area contributed by atoms with Crippen LogP contribution in [0.15, 0.2) is 23.2 Å². The van der Waals surface area contributed by atoms with Crippen molar-refractivity contribution in [2.75, 3.05) is 38.2 Å². The van der Waals surface area contributed by atoms with Crippen LogP contribution in [0.2, 0.25) is 0 Å². The Morgan fingerprint density at radius 1 is 1.33 bits per heavy atom. The second-order valence-corrected chi connectivity index (χ2v) is 6.23. The maximum atomic E-state index is 13.9. The van der Waals surface area contributed by atoms with Crippen molar-refractivity contribution in [3.63, 3.8) is 0 Å². The van der Waals surface area contributed by atoms with E-state index in [4.69, 9.17) is 4.74 Å². The molecule has 0 aliphatic carbocycles. The fourth-order valence-corrected chi connectivity index (χ4v) is 3.28. The van der Waals surface area contributed by atoms with Crippen molar-refractivity contribution in [1.29, 1.82) is 0 Å². The summed E-state index contributed by atoms with van der Waals surface area (Å²) in [5.74, 6) is -0.334. The summed E-state index contributed by atoms with van der Waals surface area (Å²) >= 11 is 0. The normalized spacial score (nSPS) is 24.5. The van der Waals surface area contributed by atoms with E-state index < -0.39 is 11.6 Å². The second-order valence-electron chi connectivity index (χ2n) is 6.23. The first-order valence-electron chi connectivity index (χ1n) is 8.45. The third-order valence-electron chi connectivity index (χ3n) is 4.53. The third kappa shape index (κ3) is 3.95. The summed E-state index contributed by atoms with van der Waals surface area (Å²) in [5, 5.41) is 6.59. The Morgan fingerprint density at radius 3 is 2.79 bits per heavy atom. The maximum Gasteiger partial charge on any atom is 0.191 e. The molecule has 0 bridgehead atoms. The van der Waals surface area contributed by atoms with Crippen molar-refractivity contribution in [2.24, 2.45) is 4.99 Å². The molecule has 0 radical (unpaired) electrons. The van der Waals surface area contributed by atoms with Gasteiger partial charge in [-0.2, -0.15) is 0 Å². The van der Waals surface area contributed by atoms with Crippen LogP contribution in [0.1, 0.15) is 19.3 Å². The first-order valence-corrected chi connectivity index (χ1v) is 8.45. The number of anilines is 1. The summed E-state index contributed by atoms with van der Waals surface area (Å²) in [6, 6.07) is 4.07. The first-order chi connectivity index (χ1) is 11.7. The number of halogens is 2. The lowest BCUT2D eigenvalue weighted by molar-refractivity contribution is 0.113. The van der Waals surface area contributed by atoms with Gasteiger partial charge in [-0.1, -0.05) is 6.07 Å². The number of hydrogen-bond acceptors (Lipinski definition) is 3. The summed E-state index contributed by atoms with van der Waals surface area (Å²) < 4.78 is 33.4. The van der Waals surface area contributed by atoms with Gasteiger partial charge in [0.25, 0.3) is 0 Å². The minimum Gasteiger partial charge on any atom is -0.376 e. The van der Waals surface area contributed by atoms with E-state index in [1.165, 1.54) is 18.2 Å². The van der Waals surface area contributed by atoms with Crippen LogP contribution < -0.4 is 15.5 Å². The Labute approximate surface area is 141 Å². The molecule has 0 aromatic heterocycles. The molecule has 3 rings (SSSR count). The van der Waals surface area contributed by atoms with Crippen LogP contribution in [-0.4, -0.2) is 51.4 Å². The van der Waals surface area contributed by atoms with Gasteiger partial charge in [0.05, 0.1) is 6.10 Å². The van der Waals surface area contributed by atoms with Gasteiger partial charge in [-0.05, 0) is 31.4 Å². The molecule has 2 unspecified atom stereocenters. The van der Waals surface area contributed by atoms with Crippen LogP contribution in [0.4, 0.5) is 14.5 Å². The highest BCUT2D eigenvalue weighted by atomic mass is 19.1. The van der Waals surface area contributed by atoms with Crippen LogP contribution in [0, 0.1) is 11.6 Å². The summed E-state index contributed by atoms with van der Waals surface area (Å²) in [7, 11) is 1.72. The van der Waals surface area contributed by atoms with Gasteiger partial charge in [0, 0.05) is 39.3 Å². The average molecular weight is 338 g/mol. The number of rotatable bonds is 4. The quantitative estimate of drug-likeness (QED) is 0.650. The Balaban J connectivity index is 1.53. The summed E-state index contributed by atoms with van der Waals surface area (Å²) in [6.45, 7) is 2.69. The Morgan fingerprint density at radius 2 is 2.12 bits per heavy atom. The highest BCUT2D eigenvalue weighted by Crippen LogP contribution is 2.26. The van der Waals surface area contributed by atoms with Crippen LogP contribution >= 0.6 is 0 Å². The van der Waals surface area contributed by atoms with Gasteiger partial charge >= 0.3 is 0 Å².